The minimum absolute atomic E-state index is 0.466. The van der Waals surface area contributed by atoms with Crippen LogP contribution in [0, 0.1) is 92.3 Å². The second kappa shape index (κ2) is 18.6. The summed E-state index contributed by atoms with van der Waals surface area (Å²) in [4.78, 5) is 9.92. The Morgan fingerprint density at radius 2 is 0.710 bits per heavy atom. The maximum absolute atomic E-state index is 10.7. The molecular formula is C33H44ClF18N6OP3. The summed E-state index contributed by atoms with van der Waals surface area (Å²) >= 11 is 5.60. The average molecular weight is 1010 g/mol. The van der Waals surface area contributed by atoms with Gasteiger partial charge in [-0.3, -0.25) is 0 Å². The molecule has 0 N–H and O–H groups in total. The van der Waals surface area contributed by atoms with Gasteiger partial charge in [0.15, 0.2) is 14.9 Å². The van der Waals surface area contributed by atoms with Crippen LogP contribution in [0.25, 0.3) is 14.9 Å². The predicted octanol–water partition coefficient (Wildman–Crippen LogP) is 21.2. The number of diazo groups is 3. The summed E-state index contributed by atoms with van der Waals surface area (Å²) in [6, 6.07) is 3.94. The van der Waals surface area contributed by atoms with E-state index in [-0.39, 0.29) is 0 Å². The normalized spacial score (nSPS) is 14.3. The van der Waals surface area contributed by atoms with E-state index in [2.05, 4.69) is 42.6 Å². The zero-order valence-electron chi connectivity index (χ0n) is 34.9. The molecular weight excluding hydrogens is 967 g/mol. The summed E-state index contributed by atoms with van der Waals surface area (Å²) in [5, 5.41) is 26.6. The van der Waals surface area contributed by atoms with Gasteiger partial charge in [0, 0.05) is 33.4 Å². The van der Waals surface area contributed by atoms with Crippen molar-refractivity contribution in [3.05, 3.63) is 93.8 Å². The summed E-state index contributed by atoms with van der Waals surface area (Å²) < 4.78 is 183. The molecule has 0 fully saturated rings. The molecule has 7 nitrogen and oxygen atoms in total. The van der Waals surface area contributed by atoms with Gasteiger partial charge in [-0.25, -0.2) is 0 Å². The Morgan fingerprint density at radius 1 is 0.435 bits per heavy atom. The van der Waals surface area contributed by atoms with E-state index in [4.69, 9.17) is 32.5 Å². The number of hydrogen-bond donors (Lipinski definition) is 0. The van der Waals surface area contributed by atoms with Crippen LogP contribution >= 0.6 is 35.0 Å². The first-order valence-electron chi connectivity index (χ1n) is 16.8. The fourth-order valence-electron chi connectivity index (χ4n) is 4.90. The van der Waals surface area contributed by atoms with Crippen molar-refractivity contribution < 1.29 is 80.3 Å². The van der Waals surface area contributed by atoms with Crippen molar-refractivity contribution in [2.24, 2.45) is 0 Å². The van der Waals surface area contributed by atoms with Gasteiger partial charge in [0.1, 0.15) is 12.4 Å². The molecule has 0 aliphatic heterocycles. The van der Waals surface area contributed by atoms with Gasteiger partial charge < -0.3 is 4.74 Å². The van der Waals surface area contributed by atoms with Crippen molar-refractivity contribution in [2.75, 3.05) is 12.5 Å². The molecule has 0 aliphatic rings. The number of hydrogen-bond acceptors (Lipinski definition) is 4. The van der Waals surface area contributed by atoms with E-state index in [9.17, 15) is 75.5 Å². The quantitative estimate of drug-likeness (QED) is 0.113. The standard InChI is InChI=1S/C12H16ClN2O.C11H15N2.C10H13N2.3F6P/c1-4-10-9(3)12(15-14)8(2)7-11(10)16-6-5-13;1-6-7(2)9(4)11(13-12)10(5)8(6)3;1-6-5-7(2)10(12-11)9(4)8(6)3;3*1-7(2,3,4,5)6/h7H,4-6H2,1-3H3;1-5H3;5H,1-4H3;;;/q3*+1;3*-1. The van der Waals surface area contributed by atoms with Crippen molar-refractivity contribution in [1.29, 1.82) is 16.2 Å². The first kappa shape index (κ1) is 62.3. The van der Waals surface area contributed by atoms with E-state index in [0.717, 1.165) is 56.8 Å². The molecule has 360 valence electrons. The summed E-state index contributed by atoms with van der Waals surface area (Å²) in [6.07, 6.45) is 0.840. The van der Waals surface area contributed by atoms with Crippen LogP contribution in [0.2, 0.25) is 0 Å². The van der Waals surface area contributed by atoms with E-state index in [1.807, 2.05) is 67.5 Å². The molecule has 0 aliphatic carbocycles. The minimum atomic E-state index is -10.7. The third-order valence-corrected chi connectivity index (χ3v) is 8.25. The summed E-state index contributed by atoms with van der Waals surface area (Å²) in [6.45, 7) is 24.6. The molecule has 0 amide bonds. The van der Waals surface area contributed by atoms with Crippen LogP contribution in [0.1, 0.15) is 73.7 Å². The van der Waals surface area contributed by atoms with E-state index < -0.39 is 23.4 Å². The van der Waals surface area contributed by atoms with E-state index in [0.29, 0.717) is 23.9 Å². The molecule has 62 heavy (non-hydrogen) atoms. The number of aryl methyl sites for hydroxylation is 3. The van der Waals surface area contributed by atoms with Crippen LogP contribution in [0.5, 0.6) is 5.75 Å². The van der Waals surface area contributed by atoms with Crippen LogP contribution in [0.3, 0.4) is 0 Å². The third-order valence-electron chi connectivity index (χ3n) is 8.09. The average Bonchev–Trinajstić information content (AvgIpc) is 3.01. The maximum atomic E-state index is 9.87. The van der Waals surface area contributed by atoms with Gasteiger partial charge in [-0.1, -0.05) is 6.92 Å². The molecule has 29 heteroatoms. The van der Waals surface area contributed by atoms with E-state index in [1.165, 1.54) is 27.8 Å². The van der Waals surface area contributed by atoms with Crippen LogP contribution in [0.4, 0.5) is 92.6 Å². The van der Waals surface area contributed by atoms with Crippen LogP contribution in [0.15, 0.2) is 12.1 Å². The zero-order valence-corrected chi connectivity index (χ0v) is 38.3. The number of benzene rings is 3. The van der Waals surface area contributed by atoms with Crippen molar-refractivity contribution in [1.82, 2.24) is 0 Å². The molecule has 0 saturated heterocycles. The molecule has 0 saturated carbocycles. The third kappa shape index (κ3) is 32.7. The van der Waals surface area contributed by atoms with Crippen molar-refractivity contribution >= 4 is 52.1 Å². The number of alkyl halides is 1. The monoisotopic (exact) mass is 1010 g/mol. The number of nitrogens with zero attached hydrogens (tertiary/aromatic N) is 6. The molecule has 3 rings (SSSR count). The molecule has 0 aromatic heterocycles. The fourth-order valence-corrected chi connectivity index (χ4v) is 4.98. The Morgan fingerprint density at radius 3 is 1.00 bits per heavy atom. The first-order chi connectivity index (χ1) is 26.6. The predicted molar refractivity (Wildman–Crippen MR) is 212 cm³/mol. The van der Waals surface area contributed by atoms with Crippen LogP contribution in [-0.2, 0) is 6.42 Å². The van der Waals surface area contributed by atoms with Gasteiger partial charge in [-0.15, -0.1) is 11.6 Å². The molecule has 3 aromatic carbocycles. The summed E-state index contributed by atoms with van der Waals surface area (Å²) in [5.74, 6) is 1.30. The Kier molecular flexibility index (Phi) is 18.7. The molecule has 0 atom stereocenters. The van der Waals surface area contributed by atoms with Gasteiger partial charge in [0.2, 0.25) is 16.2 Å². The van der Waals surface area contributed by atoms with Crippen molar-refractivity contribution in [3.63, 3.8) is 0 Å². The van der Waals surface area contributed by atoms with Crippen molar-refractivity contribution in [2.45, 2.75) is 89.5 Å². The van der Waals surface area contributed by atoms with E-state index >= 15 is 0 Å². The zero-order chi connectivity index (χ0) is 50.8. The van der Waals surface area contributed by atoms with Gasteiger partial charge in [0.05, 0.1) is 11.4 Å². The SMILES string of the molecule is CCc1c(OCCCl)cc(C)c([N+]#N)c1C.Cc1c(C)c(C)c([N+]#N)c(C)c1C.Cc1cc(C)c([N+]#N)c(C)c1C.F[P-](F)(F)(F)(F)F.F[P-](F)(F)(F)(F)F.F[P-](F)(F)(F)(F)F. The summed E-state index contributed by atoms with van der Waals surface area (Å²) in [7, 11) is -32.0. The Hall–Kier alpha value is -3.96. The molecule has 3 aromatic rings. The Balaban J connectivity index is -0.000000696. The fraction of sp³-hybridized carbons (Fsp3) is 0.455. The van der Waals surface area contributed by atoms with Crippen LogP contribution in [-0.4, -0.2) is 12.5 Å². The van der Waals surface area contributed by atoms with Gasteiger partial charge >= 0.3 is 116 Å². The second-order valence-electron chi connectivity index (χ2n) is 13.3. The topological polar surface area (TPSA) is 93.7 Å². The molecule has 0 bridgehead atoms. The Bertz CT molecular complexity index is 2120. The number of ether oxygens (including phenoxy) is 1. The molecule has 0 radical (unpaired) electrons. The van der Waals surface area contributed by atoms with Crippen molar-refractivity contribution in [3.8, 4) is 5.75 Å². The van der Waals surface area contributed by atoms with Gasteiger partial charge in [-0.2, -0.15) is 0 Å². The number of rotatable bonds is 4. The van der Waals surface area contributed by atoms with Gasteiger partial charge in [-0.05, 0) is 123 Å². The van der Waals surface area contributed by atoms with E-state index in [1.54, 1.807) is 0 Å². The summed E-state index contributed by atoms with van der Waals surface area (Å²) in [5.41, 5.74) is 15.4. The number of halogens is 19. The first-order valence-corrected chi connectivity index (χ1v) is 23.4. The molecule has 0 heterocycles. The second-order valence-corrected chi connectivity index (χ2v) is 19.4. The molecule has 0 spiro atoms. The molecule has 0 unspecified atom stereocenters. The Labute approximate surface area is 349 Å². The van der Waals surface area contributed by atoms with Crippen LogP contribution < -0.4 is 4.74 Å². The van der Waals surface area contributed by atoms with Gasteiger partial charge in [0.25, 0.3) is 0 Å².